The van der Waals surface area contributed by atoms with Crippen molar-refractivity contribution in [2.24, 2.45) is 0 Å². The van der Waals surface area contributed by atoms with Gasteiger partial charge in [-0.25, -0.2) is 0 Å². The van der Waals surface area contributed by atoms with E-state index in [9.17, 15) is 4.79 Å². The first-order chi connectivity index (χ1) is 10.8. The third kappa shape index (κ3) is 17.4. The molecule has 0 atom stereocenters. The molecule has 0 aliphatic heterocycles. The molecule has 0 radical (unpaired) electrons. The lowest BCUT2D eigenvalue weighted by atomic mass is 10.3. The van der Waals surface area contributed by atoms with Crippen LogP contribution in [0.25, 0.3) is 0 Å². The van der Waals surface area contributed by atoms with E-state index in [0.29, 0.717) is 59.1 Å². The van der Waals surface area contributed by atoms with Crippen LogP contribution in [0.2, 0.25) is 0 Å². The summed E-state index contributed by atoms with van der Waals surface area (Å²) < 4.78 is 26.0. The zero-order valence-electron chi connectivity index (χ0n) is 14.1. The first kappa shape index (κ1) is 21.3. The Morgan fingerprint density at radius 2 is 1.14 bits per heavy atom. The van der Waals surface area contributed by atoms with E-state index in [2.05, 4.69) is 11.7 Å². The molecular weight excluding hydrogens is 288 g/mol. The fourth-order valence-electron chi connectivity index (χ4n) is 1.64. The molecule has 0 aliphatic rings. The Kier molecular flexibility index (Phi) is 17.8. The van der Waals surface area contributed by atoms with Gasteiger partial charge in [-0.1, -0.05) is 19.8 Å². The van der Waals surface area contributed by atoms with Gasteiger partial charge in [0.15, 0.2) is 0 Å². The van der Waals surface area contributed by atoms with Crippen LogP contribution in [0, 0.1) is 0 Å². The highest BCUT2D eigenvalue weighted by atomic mass is 16.6. The van der Waals surface area contributed by atoms with Crippen LogP contribution < -0.4 is 0 Å². The fourth-order valence-corrected chi connectivity index (χ4v) is 1.64. The van der Waals surface area contributed by atoms with E-state index in [-0.39, 0.29) is 5.97 Å². The fraction of sp³-hybridized carbons (Fsp3) is 0.938. The first-order valence-electron chi connectivity index (χ1n) is 8.19. The number of rotatable bonds is 17. The Labute approximate surface area is 134 Å². The summed E-state index contributed by atoms with van der Waals surface area (Å²) in [5.74, 6) is -0.202. The topological polar surface area (TPSA) is 63.2 Å². The van der Waals surface area contributed by atoms with Crippen LogP contribution in [0.4, 0.5) is 0 Å². The number of methoxy groups -OCH3 is 1. The van der Waals surface area contributed by atoms with Gasteiger partial charge in [-0.2, -0.15) is 0 Å². The van der Waals surface area contributed by atoms with Gasteiger partial charge < -0.3 is 23.7 Å². The van der Waals surface area contributed by atoms with Gasteiger partial charge in [0.2, 0.25) is 0 Å². The van der Waals surface area contributed by atoms with Crippen molar-refractivity contribution in [2.45, 2.75) is 39.0 Å². The van der Waals surface area contributed by atoms with Crippen molar-refractivity contribution in [3.8, 4) is 0 Å². The molecule has 132 valence electrons. The predicted octanol–water partition coefficient (Wildman–Crippen LogP) is 2.20. The van der Waals surface area contributed by atoms with E-state index in [1.165, 1.54) is 20.0 Å². The minimum absolute atomic E-state index is 0.202. The summed E-state index contributed by atoms with van der Waals surface area (Å²) in [5.41, 5.74) is 0. The third-order valence-corrected chi connectivity index (χ3v) is 2.91. The normalized spacial score (nSPS) is 10.8. The number of ether oxygens (including phenoxy) is 5. The highest BCUT2D eigenvalue weighted by Crippen LogP contribution is 1.94. The lowest BCUT2D eigenvalue weighted by Gasteiger charge is -2.07. The summed E-state index contributed by atoms with van der Waals surface area (Å²) in [7, 11) is 1.39. The summed E-state index contributed by atoms with van der Waals surface area (Å²) in [6.45, 7) is 6.99. The molecule has 0 saturated heterocycles. The number of unbranched alkanes of at least 4 members (excludes halogenated alkanes) is 2. The molecule has 0 N–H and O–H groups in total. The zero-order chi connectivity index (χ0) is 16.3. The minimum atomic E-state index is -0.202. The number of carbonyl (C=O) groups is 1. The van der Waals surface area contributed by atoms with E-state index in [4.69, 9.17) is 18.9 Å². The molecule has 0 unspecified atom stereocenters. The Morgan fingerprint density at radius 1 is 0.682 bits per heavy atom. The van der Waals surface area contributed by atoms with E-state index >= 15 is 0 Å². The Hall–Kier alpha value is -0.690. The molecule has 0 aliphatic carbocycles. The van der Waals surface area contributed by atoms with Gasteiger partial charge in [0.05, 0.1) is 46.8 Å². The molecule has 0 aromatic carbocycles. The lowest BCUT2D eigenvalue weighted by molar-refractivity contribution is -0.141. The maximum Gasteiger partial charge on any atom is 0.305 e. The number of esters is 1. The van der Waals surface area contributed by atoms with E-state index < -0.39 is 0 Å². The van der Waals surface area contributed by atoms with Gasteiger partial charge in [0.1, 0.15) is 0 Å². The molecule has 0 aromatic rings. The molecule has 0 spiro atoms. The van der Waals surface area contributed by atoms with Crippen LogP contribution in [0.15, 0.2) is 0 Å². The third-order valence-electron chi connectivity index (χ3n) is 2.91. The van der Waals surface area contributed by atoms with Crippen molar-refractivity contribution in [1.29, 1.82) is 0 Å². The molecular formula is C16H32O6. The highest BCUT2D eigenvalue weighted by Gasteiger charge is 1.99. The minimum Gasteiger partial charge on any atom is -0.469 e. The van der Waals surface area contributed by atoms with Crippen LogP contribution in [0.5, 0.6) is 0 Å². The van der Waals surface area contributed by atoms with Gasteiger partial charge >= 0.3 is 5.97 Å². The van der Waals surface area contributed by atoms with E-state index in [0.717, 1.165) is 13.0 Å². The highest BCUT2D eigenvalue weighted by molar-refractivity contribution is 5.68. The van der Waals surface area contributed by atoms with E-state index in [1.54, 1.807) is 0 Å². The van der Waals surface area contributed by atoms with Gasteiger partial charge in [0.25, 0.3) is 0 Å². The van der Waals surface area contributed by atoms with Crippen molar-refractivity contribution in [1.82, 2.24) is 0 Å². The molecule has 0 bridgehead atoms. The van der Waals surface area contributed by atoms with Crippen molar-refractivity contribution >= 4 is 5.97 Å². The van der Waals surface area contributed by atoms with Gasteiger partial charge in [-0.3, -0.25) is 4.79 Å². The van der Waals surface area contributed by atoms with Crippen LogP contribution in [0.3, 0.4) is 0 Å². The van der Waals surface area contributed by atoms with Crippen LogP contribution in [-0.2, 0) is 28.5 Å². The zero-order valence-corrected chi connectivity index (χ0v) is 14.1. The molecule has 0 saturated carbocycles. The number of carbonyl (C=O) groups excluding carboxylic acids is 1. The molecule has 6 heteroatoms. The van der Waals surface area contributed by atoms with Gasteiger partial charge in [-0.05, 0) is 12.8 Å². The second-order valence-electron chi connectivity index (χ2n) is 4.84. The smallest absolute Gasteiger partial charge is 0.305 e. The summed E-state index contributed by atoms with van der Waals surface area (Å²) in [5, 5.41) is 0. The van der Waals surface area contributed by atoms with Crippen molar-refractivity contribution in [2.75, 3.05) is 60.0 Å². The van der Waals surface area contributed by atoms with Crippen molar-refractivity contribution < 1.29 is 28.5 Å². The van der Waals surface area contributed by atoms with Gasteiger partial charge in [-0.15, -0.1) is 0 Å². The summed E-state index contributed by atoms with van der Waals surface area (Å²) in [4.78, 5) is 10.8. The second-order valence-corrected chi connectivity index (χ2v) is 4.84. The SMILES string of the molecule is CCCCCOCCOCCOCCOCCCC(=O)OC. The summed E-state index contributed by atoms with van der Waals surface area (Å²) in [6, 6.07) is 0. The number of hydrogen-bond acceptors (Lipinski definition) is 6. The monoisotopic (exact) mass is 320 g/mol. The van der Waals surface area contributed by atoms with Crippen molar-refractivity contribution in [3.05, 3.63) is 0 Å². The second kappa shape index (κ2) is 18.4. The van der Waals surface area contributed by atoms with Crippen LogP contribution in [0.1, 0.15) is 39.0 Å². The summed E-state index contributed by atoms with van der Waals surface area (Å²) >= 11 is 0. The predicted molar refractivity (Wildman–Crippen MR) is 84.1 cm³/mol. The molecule has 0 amide bonds. The molecule has 0 heterocycles. The molecule has 0 fully saturated rings. The Morgan fingerprint density at radius 3 is 1.59 bits per heavy atom. The number of hydrogen-bond donors (Lipinski definition) is 0. The maximum absolute atomic E-state index is 10.8. The van der Waals surface area contributed by atoms with Crippen LogP contribution >= 0.6 is 0 Å². The standard InChI is InChI=1S/C16H32O6/c1-3-4-5-8-19-10-12-21-14-15-22-13-11-20-9-6-7-16(17)18-2/h3-15H2,1-2H3. The molecule has 6 nitrogen and oxygen atoms in total. The van der Waals surface area contributed by atoms with Crippen molar-refractivity contribution in [3.63, 3.8) is 0 Å². The Bertz CT molecular complexity index is 235. The Balaban J connectivity index is 2.98. The van der Waals surface area contributed by atoms with Gasteiger partial charge in [0, 0.05) is 19.6 Å². The average molecular weight is 320 g/mol. The van der Waals surface area contributed by atoms with Crippen LogP contribution in [-0.4, -0.2) is 65.9 Å². The summed E-state index contributed by atoms with van der Waals surface area (Å²) in [6.07, 6.45) is 4.63. The van der Waals surface area contributed by atoms with E-state index in [1.807, 2.05) is 0 Å². The quantitative estimate of drug-likeness (QED) is 0.302. The molecule has 0 rings (SSSR count). The maximum atomic E-state index is 10.8. The first-order valence-corrected chi connectivity index (χ1v) is 8.19. The lowest BCUT2D eigenvalue weighted by Crippen LogP contribution is -2.12. The largest absolute Gasteiger partial charge is 0.469 e. The average Bonchev–Trinajstić information content (AvgIpc) is 2.54. The molecule has 0 aromatic heterocycles. The molecule has 22 heavy (non-hydrogen) atoms.